The highest BCUT2D eigenvalue weighted by Crippen LogP contribution is 2.37. The summed E-state index contributed by atoms with van der Waals surface area (Å²) in [4.78, 5) is 28.8. The lowest BCUT2D eigenvalue weighted by molar-refractivity contribution is -0.275. The second-order valence-electron chi connectivity index (χ2n) is 19.8. The lowest BCUT2D eigenvalue weighted by atomic mass is 9.86. The lowest BCUT2D eigenvalue weighted by Gasteiger charge is -2.20. The van der Waals surface area contributed by atoms with E-state index in [-0.39, 0.29) is 26.7 Å². The first-order chi connectivity index (χ1) is 41.6. The Bertz CT molecular complexity index is 4140. The molecule has 0 saturated heterocycles. The first-order valence-corrected chi connectivity index (χ1v) is 29.4. The minimum atomic E-state index is -5.00. The summed E-state index contributed by atoms with van der Waals surface area (Å²) in [6.07, 6.45) is 0.466. The Morgan fingerprint density at radius 1 is 0.644 bits per heavy atom. The molecule has 31 heteroatoms. The molecule has 0 aliphatic heterocycles. The van der Waals surface area contributed by atoms with Gasteiger partial charge in [0.1, 0.15) is 33.1 Å². The fourth-order valence-electron chi connectivity index (χ4n) is 9.79. The van der Waals surface area contributed by atoms with Crippen LogP contribution in [0.25, 0.3) is 33.2 Å². The first-order valence-electron chi connectivity index (χ1n) is 26.4. The van der Waals surface area contributed by atoms with Gasteiger partial charge >= 0.3 is 12.7 Å². The number of hydrogen-bond acceptors (Lipinski definition) is 18. The van der Waals surface area contributed by atoms with Crippen molar-refractivity contribution in [3.05, 3.63) is 160 Å². The number of carbonyl (C=O) groups excluding carboxylic acids is 2. The van der Waals surface area contributed by atoms with Gasteiger partial charge in [-0.25, -0.2) is 21.2 Å². The molecule has 0 radical (unpaired) electrons. The van der Waals surface area contributed by atoms with Crippen LogP contribution in [0.5, 0.6) is 11.5 Å². The first kappa shape index (κ1) is 61.4. The van der Waals surface area contributed by atoms with Crippen LogP contribution in [0.1, 0.15) is 83.3 Å². The van der Waals surface area contributed by atoms with E-state index in [4.69, 9.17) is 9.47 Å². The zero-order chi connectivity index (χ0) is 61.6. The van der Waals surface area contributed by atoms with E-state index >= 15 is 0 Å². The molecule has 11 rings (SSSR count). The van der Waals surface area contributed by atoms with Crippen LogP contribution in [0.3, 0.4) is 0 Å². The van der Waals surface area contributed by atoms with Gasteiger partial charge in [0.25, 0.3) is 21.8 Å². The molecule has 0 fully saturated rings. The third kappa shape index (κ3) is 15.1. The van der Waals surface area contributed by atoms with Gasteiger partial charge in [0.2, 0.25) is 10.3 Å². The Labute approximate surface area is 496 Å². The largest absolute Gasteiger partial charge is 0.573 e. The second kappa shape index (κ2) is 26.1. The van der Waals surface area contributed by atoms with Crippen LogP contribution in [0.2, 0.25) is 0 Å². The van der Waals surface area contributed by atoms with E-state index in [9.17, 15) is 53.1 Å². The van der Waals surface area contributed by atoms with Crippen molar-refractivity contribution in [1.29, 1.82) is 0 Å². The predicted molar refractivity (Wildman–Crippen MR) is 301 cm³/mol. The number of carbonyl (C=O) groups is 2. The van der Waals surface area contributed by atoms with Crippen molar-refractivity contribution in [2.24, 2.45) is 11.8 Å². The van der Waals surface area contributed by atoms with Crippen LogP contribution < -0.4 is 20.1 Å². The van der Waals surface area contributed by atoms with Crippen LogP contribution in [0.15, 0.2) is 120 Å². The molecule has 0 bridgehead atoms. The Kier molecular flexibility index (Phi) is 18.5. The highest BCUT2D eigenvalue weighted by Gasteiger charge is 2.35. The maximum atomic E-state index is 14.5. The summed E-state index contributed by atoms with van der Waals surface area (Å²) in [5, 5.41) is 41.7. The van der Waals surface area contributed by atoms with E-state index in [1.807, 2.05) is 24.4 Å². The number of anilines is 2. The molecular weight excluding hydrogens is 1220 g/mol. The standard InChI is InChI=1S/C31H26F4N6O5S2.C25H22F4N6O3S/c1-45-27(23-17-21(11-12-24(23)32)46-31(33,34)35)29(42)36-30-40-38-26(47-30)15-18-7-9-19(10-8-18)25-16-20-13-14-41(28(20)39-37-25)48(43,44)22-5-3-2-4-6-22;1-37-21(17-12-16(6-7-18(17)26)38-25(27,28)29)23(36)31-24-35-33-20(39-24)10-13-2-4-14(5-3-13)19-11-15-8-9-30-22(15)34-32-19/h2-6,9,11-14,16-18,27H,7-8,10,15H2,1H3,(H,36,40,42);4,6-9,11-13,21H,2-3,5,10H2,1H3,(H,30,34)(H,31,35,36)/t18?,27-;13?,21-/m00/s1. The Morgan fingerprint density at radius 3 is 1.63 bits per heavy atom. The minimum absolute atomic E-state index is 0.122. The molecule has 0 spiro atoms. The molecule has 4 atom stereocenters. The van der Waals surface area contributed by atoms with Crippen LogP contribution in [0, 0.1) is 23.5 Å². The zero-order valence-electron chi connectivity index (χ0n) is 45.5. The average Bonchev–Trinajstić information content (AvgIpc) is 2.12. The Balaban J connectivity index is 0.000000197. The number of aromatic amines is 1. The molecule has 87 heavy (non-hydrogen) atoms. The maximum absolute atomic E-state index is 14.5. The van der Waals surface area contributed by atoms with Crippen molar-refractivity contribution in [2.45, 2.75) is 81.2 Å². The normalized spacial score (nSPS) is 16.3. The maximum Gasteiger partial charge on any atom is 0.573 e. The lowest BCUT2D eigenvalue weighted by Crippen LogP contribution is -2.24. The SMILES string of the molecule is CO[C@H](C(=O)Nc1nnc(CC2CC=C(c3cc4cc[nH]c4nn3)CC2)s1)c1cc(OC(F)(F)F)ccc1F.CO[C@H](C(=O)Nc1nnc(CC2CC=C(c3cc4ccn(S(=O)(=O)c5ccccc5)c4nn3)CC2)s1)c1cc(OC(F)(F)F)ccc1F. The molecule has 2 amide bonds. The number of benzene rings is 3. The summed E-state index contributed by atoms with van der Waals surface area (Å²) in [5.41, 5.74) is 3.80. The van der Waals surface area contributed by atoms with E-state index in [1.54, 1.807) is 24.3 Å². The van der Waals surface area contributed by atoms with Gasteiger partial charge in [-0.15, -0.1) is 67.1 Å². The quantitative estimate of drug-likeness (QED) is 0.0675. The van der Waals surface area contributed by atoms with E-state index in [2.05, 4.69) is 78.0 Å². The molecule has 9 aromatic rings. The van der Waals surface area contributed by atoms with Crippen LogP contribution in [-0.2, 0) is 41.9 Å². The van der Waals surface area contributed by atoms with Crippen molar-refractivity contribution < 1.29 is 72.1 Å². The van der Waals surface area contributed by atoms with Gasteiger partial charge in [-0.2, -0.15) is 0 Å². The number of nitrogens with one attached hydrogen (secondary N) is 3. The molecule has 6 heterocycles. The summed E-state index contributed by atoms with van der Waals surface area (Å²) < 4.78 is 150. The van der Waals surface area contributed by atoms with Gasteiger partial charge in [0.15, 0.2) is 23.5 Å². The number of H-pyrrole nitrogens is 1. The van der Waals surface area contributed by atoms with Gasteiger partial charge < -0.3 is 23.9 Å². The molecule has 2 unspecified atom stereocenters. The van der Waals surface area contributed by atoms with Gasteiger partial charge in [-0.1, -0.05) is 53.0 Å². The number of nitrogens with zero attached hydrogens (tertiary/aromatic N) is 9. The number of ether oxygens (including phenoxy) is 4. The van der Waals surface area contributed by atoms with Gasteiger partial charge in [0.05, 0.1) is 16.3 Å². The predicted octanol–water partition coefficient (Wildman–Crippen LogP) is 11.9. The van der Waals surface area contributed by atoms with E-state index in [1.165, 1.54) is 29.7 Å². The smallest absolute Gasteiger partial charge is 0.406 e. The average molecular weight is 1270 g/mol. The highest BCUT2D eigenvalue weighted by atomic mass is 32.2. The third-order valence-corrected chi connectivity index (χ3v) is 17.3. The minimum Gasteiger partial charge on any atom is -0.406 e. The molecular formula is C56H48F8N12O8S3. The third-order valence-electron chi connectivity index (χ3n) is 13.9. The molecule has 454 valence electrons. The molecule has 3 aromatic carbocycles. The number of amides is 2. The number of halogens is 8. The molecule has 20 nitrogen and oxygen atoms in total. The summed E-state index contributed by atoms with van der Waals surface area (Å²) in [6, 6.07) is 20.2. The topological polar surface area (TPSA) is 253 Å². The fourth-order valence-corrected chi connectivity index (χ4v) is 12.8. The van der Waals surface area contributed by atoms with Crippen molar-refractivity contribution in [1.82, 2.24) is 49.7 Å². The molecule has 2 aliphatic carbocycles. The number of fused-ring (bicyclic) bond motifs is 2. The molecule has 3 N–H and O–H groups in total. The number of aromatic nitrogens is 10. The number of allylic oxidation sites excluding steroid dienone is 4. The number of alkyl halides is 6. The van der Waals surface area contributed by atoms with Crippen LogP contribution in [-0.4, -0.2) is 96.9 Å². The fraction of sp³-hybridized carbons (Fsp3) is 0.286. The summed E-state index contributed by atoms with van der Waals surface area (Å²) in [7, 11) is -1.57. The van der Waals surface area contributed by atoms with E-state index in [0.29, 0.717) is 52.7 Å². The van der Waals surface area contributed by atoms with E-state index in [0.717, 1.165) is 119 Å². The highest BCUT2D eigenvalue weighted by molar-refractivity contribution is 7.90. The molecule has 2 aliphatic rings. The van der Waals surface area contributed by atoms with Gasteiger partial charge in [-0.05, 0) is 134 Å². The molecule has 0 saturated carbocycles. The van der Waals surface area contributed by atoms with Gasteiger partial charge in [0, 0.05) is 61.4 Å². The van der Waals surface area contributed by atoms with Crippen molar-refractivity contribution in [2.75, 3.05) is 24.9 Å². The van der Waals surface area contributed by atoms with Crippen LogP contribution >= 0.6 is 22.7 Å². The molecule has 6 aromatic heterocycles. The van der Waals surface area contributed by atoms with Crippen LogP contribution in [0.4, 0.5) is 45.4 Å². The van der Waals surface area contributed by atoms with Crippen molar-refractivity contribution in [3.8, 4) is 11.5 Å². The monoisotopic (exact) mass is 1260 g/mol. The Morgan fingerprint density at radius 2 is 1.15 bits per heavy atom. The summed E-state index contributed by atoms with van der Waals surface area (Å²) in [5.74, 6) is -4.36. The van der Waals surface area contributed by atoms with E-state index < -0.39 is 81.0 Å². The van der Waals surface area contributed by atoms with Crippen molar-refractivity contribution in [3.63, 3.8) is 0 Å². The summed E-state index contributed by atoms with van der Waals surface area (Å²) in [6.45, 7) is 0. The zero-order valence-corrected chi connectivity index (χ0v) is 47.9. The summed E-state index contributed by atoms with van der Waals surface area (Å²) >= 11 is 2.29. The number of hydrogen-bond donors (Lipinski definition) is 3. The van der Waals surface area contributed by atoms with Crippen molar-refractivity contribution >= 4 is 88.0 Å². The van der Waals surface area contributed by atoms with Gasteiger partial charge in [-0.3, -0.25) is 20.2 Å². The number of methoxy groups -OCH3 is 2. The number of rotatable bonds is 18. The second-order valence-corrected chi connectivity index (χ2v) is 23.7. The Hall–Kier alpha value is -8.65.